The first kappa shape index (κ1) is 28.7. The maximum Gasteiger partial charge on any atom is 0.243 e. The van der Waals surface area contributed by atoms with E-state index in [4.69, 9.17) is 4.98 Å². The summed E-state index contributed by atoms with van der Waals surface area (Å²) in [7, 11) is 0. The smallest absolute Gasteiger partial charge is 0.243 e. The van der Waals surface area contributed by atoms with Crippen LogP contribution in [0.1, 0.15) is 71.7 Å². The molecule has 2 aliphatic rings. The third kappa shape index (κ3) is 7.02. The summed E-state index contributed by atoms with van der Waals surface area (Å²) in [6.07, 6.45) is 5.36. The van der Waals surface area contributed by atoms with E-state index in [-0.39, 0.29) is 41.8 Å². The minimum atomic E-state index is -0.840. The second kappa shape index (κ2) is 11.8. The summed E-state index contributed by atoms with van der Waals surface area (Å²) < 4.78 is 0. The van der Waals surface area contributed by atoms with Crippen molar-refractivity contribution in [3.63, 3.8) is 0 Å². The molecule has 3 amide bonds. The lowest BCUT2D eigenvalue weighted by Crippen LogP contribution is -2.59. The monoisotopic (exact) mass is 534 g/mol. The Labute approximate surface area is 231 Å². The molecule has 5 unspecified atom stereocenters. The molecule has 1 saturated heterocycles. The summed E-state index contributed by atoms with van der Waals surface area (Å²) in [6, 6.07) is 8.45. The number of pyridine rings is 1. The van der Waals surface area contributed by atoms with Crippen LogP contribution in [0, 0.1) is 11.3 Å². The number of carbonyl (C=O) groups excluding carboxylic acids is 3. The molecule has 0 spiro atoms. The Balaban J connectivity index is 1.68. The molecule has 0 aliphatic carbocycles. The Morgan fingerprint density at radius 3 is 2.49 bits per heavy atom. The molecule has 2 aromatic rings. The van der Waals surface area contributed by atoms with E-state index in [2.05, 4.69) is 21.4 Å². The Morgan fingerprint density at radius 2 is 1.74 bits per heavy atom. The summed E-state index contributed by atoms with van der Waals surface area (Å²) >= 11 is 0. The molecule has 9 nitrogen and oxygen atoms in total. The van der Waals surface area contributed by atoms with Crippen LogP contribution in [-0.2, 0) is 14.4 Å². The first-order valence-electron chi connectivity index (χ1n) is 14.0. The molecule has 3 heterocycles. The number of nitrogens with zero attached hydrogens (tertiary/aromatic N) is 2. The first-order valence-corrected chi connectivity index (χ1v) is 14.0. The molecule has 9 heteroatoms. The van der Waals surface area contributed by atoms with Gasteiger partial charge in [-0.1, -0.05) is 44.2 Å². The average molecular weight is 535 g/mol. The lowest BCUT2D eigenvalue weighted by atomic mass is 9.89. The molecule has 5 atom stereocenters. The zero-order valence-electron chi connectivity index (χ0n) is 23.9. The van der Waals surface area contributed by atoms with E-state index in [1.54, 1.807) is 0 Å². The van der Waals surface area contributed by atoms with E-state index in [0.29, 0.717) is 6.54 Å². The molecule has 5 bridgehead atoms. The third-order valence-corrected chi connectivity index (χ3v) is 7.51. The van der Waals surface area contributed by atoms with Crippen molar-refractivity contribution in [3.05, 3.63) is 47.7 Å². The van der Waals surface area contributed by atoms with Crippen LogP contribution in [0.15, 0.2) is 36.4 Å². The van der Waals surface area contributed by atoms with E-state index in [0.717, 1.165) is 41.5 Å². The quantitative estimate of drug-likeness (QED) is 0.447. The van der Waals surface area contributed by atoms with Gasteiger partial charge in [-0.2, -0.15) is 0 Å². The van der Waals surface area contributed by atoms with Gasteiger partial charge in [0.25, 0.3) is 0 Å². The SMILES string of the molecule is CC1CN2CCCC(N2)C(=O)NC(C)c2ccc3ccc(cc3n2)C=CC(C)(C)C(=O)NC(C(C)C)C(=O)N1. The minimum Gasteiger partial charge on any atom is -0.351 e. The molecule has 2 aliphatic heterocycles. The van der Waals surface area contributed by atoms with Crippen molar-refractivity contribution >= 4 is 34.7 Å². The highest BCUT2D eigenvalue weighted by atomic mass is 16.2. The molecular weight excluding hydrogens is 492 g/mol. The van der Waals surface area contributed by atoms with Gasteiger partial charge in [-0.15, -0.1) is 0 Å². The standard InChI is InChI=1S/C30H42N6O3/c1-18(2)26-28(38)31-19(3)17-36-15-7-8-24(35-36)27(37)32-20(4)23-12-11-22-10-9-21(16-25(22)33-23)13-14-30(5,6)29(39)34-26/h9-14,16,18-20,24,26,35H,7-8,15,17H2,1-6H3,(H,31,38)(H,32,37)(H,34,39). The van der Waals surface area contributed by atoms with Crippen molar-refractivity contribution in [2.45, 2.75) is 78.6 Å². The van der Waals surface area contributed by atoms with Crippen LogP contribution >= 0.6 is 0 Å². The van der Waals surface area contributed by atoms with Gasteiger partial charge in [-0.25, -0.2) is 10.4 Å². The van der Waals surface area contributed by atoms with Gasteiger partial charge in [0.05, 0.1) is 22.7 Å². The highest BCUT2D eigenvalue weighted by Crippen LogP contribution is 2.23. The number of nitrogens with one attached hydrogen (secondary N) is 4. The van der Waals surface area contributed by atoms with E-state index < -0.39 is 11.5 Å². The number of amides is 3. The lowest BCUT2D eigenvalue weighted by molar-refractivity contribution is -0.133. The number of carbonyl (C=O) groups is 3. The highest BCUT2D eigenvalue weighted by Gasteiger charge is 2.32. The van der Waals surface area contributed by atoms with Crippen molar-refractivity contribution in [1.29, 1.82) is 0 Å². The predicted octanol–water partition coefficient (Wildman–Crippen LogP) is 3.08. The molecular formula is C30H42N6O3. The summed E-state index contributed by atoms with van der Waals surface area (Å²) in [4.78, 5) is 44.5. The van der Waals surface area contributed by atoms with Gasteiger partial charge in [0, 0.05) is 24.5 Å². The normalized spacial score (nSPS) is 28.6. The summed E-state index contributed by atoms with van der Waals surface area (Å²) in [5.74, 6) is -0.594. The lowest BCUT2D eigenvalue weighted by Gasteiger charge is -2.35. The first-order chi connectivity index (χ1) is 18.4. The van der Waals surface area contributed by atoms with Gasteiger partial charge in [-0.05, 0) is 64.2 Å². The Bertz CT molecular complexity index is 1260. The Morgan fingerprint density at radius 1 is 1.00 bits per heavy atom. The predicted molar refractivity (Wildman–Crippen MR) is 153 cm³/mol. The van der Waals surface area contributed by atoms with Crippen LogP contribution in [0.2, 0.25) is 0 Å². The molecule has 210 valence electrons. The van der Waals surface area contributed by atoms with E-state index >= 15 is 0 Å². The number of rotatable bonds is 1. The summed E-state index contributed by atoms with van der Waals surface area (Å²) in [5, 5.41) is 12.1. The van der Waals surface area contributed by atoms with Gasteiger partial charge in [-0.3, -0.25) is 19.4 Å². The van der Waals surface area contributed by atoms with Gasteiger partial charge in [0.15, 0.2) is 0 Å². The second-order valence-electron chi connectivity index (χ2n) is 11.8. The van der Waals surface area contributed by atoms with E-state index in [1.165, 1.54) is 0 Å². The van der Waals surface area contributed by atoms with Gasteiger partial charge in [0.1, 0.15) is 12.1 Å². The summed E-state index contributed by atoms with van der Waals surface area (Å²) in [5.41, 5.74) is 5.01. The minimum absolute atomic E-state index is 0.0711. The molecule has 4 rings (SSSR count). The zero-order chi connectivity index (χ0) is 28.3. The number of fused-ring (bicyclic) bond motifs is 4. The van der Waals surface area contributed by atoms with Crippen LogP contribution in [-0.4, -0.2) is 58.9 Å². The van der Waals surface area contributed by atoms with Gasteiger partial charge >= 0.3 is 0 Å². The maximum absolute atomic E-state index is 13.3. The van der Waals surface area contributed by atoms with Crippen molar-refractivity contribution in [1.82, 2.24) is 31.4 Å². The second-order valence-corrected chi connectivity index (χ2v) is 11.8. The van der Waals surface area contributed by atoms with E-state index in [9.17, 15) is 14.4 Å². The highest BCUT2D eigenvalue weighted by molar-refractivity contribution is 5.91. The summed E-state index contributed by atoms with van der Waals surface area (Å²) in [6.45, 7) is 12.7. The third-order valence-electron chi connectivity index (χ3n) is 7.51. The van der Waals surface area contributed by atoms with Crippen LogP contribution in [0.4, 0.5) is 0 Å². The molecule has 1 aromatic carbocycles. The number of aromatic nitrogens is 1. The molecule has 0 saturated carbocycles. The maximum atomic E-state index is 13.3. The molecule has 1 fully saturated rings. The Hall–Kier alpha value is -3.30. The molecule has 39 heavy (non-hydrogen) atoms. The van der Waals surface area contributed by atoms with Crippen LogP contribution < -0.4 is 21.4 Å². The van der Waals surface area contributed by atoms with Crippen molar-refractivity contribution < 1.29 is 14.4 Å². The molecule has 0 radical (unpaired) electrons. The largest absolute Gasteiger partial charge is 0.351 e. The fourth-order valence-corrected chi connectivity index (χ4v) is 5.00. The van der Waals surface area contributed by atoms with Crippen molar-refractivity contribution in [3.8, 4) is 0 Å². The van der Waals surface area contributed by atoms with Crippen molar-refractivity contribution in [2.75, 3.05) is 13.1 Å². The number of hydrogen-bond donors (Lipinski definition) is 4. The fourth-order valence-electron chi connectivity index (χ4n) is 5.00. The van der Waals surface area contributed by atoms with Crippen LogP contribution in [0.25, 0.3) is 17.0 Å². The molecule has 4 N–H and O–H groups in total. The van der Waals surface area contributed by atoms with E-state index in [1.807, 2.05) is 89.0 Å². The van der Waals surface area contributed by atoms with Crippen LogP contribution in [0.5, 0.6) is 0 Å². The fraction of sp³-hybridized carbons (Fsp3) is 0.533. The Kier molecular flexibility index (Phi) is 8.71. The molecule has 1 aromatic heterocycles. The number of hydrazine groups is 1. The number of hydrogen-bond acceptors (Lipinski definition) is 6. The average Bonchev–Trinajstić information content (AvgIpc) is 2.89. The zero-order valence-corrected chi connectivity index (χ0v) is 23.9. The van der Waals surface area contributed by atoms with Gasteiger partial charge in [0.2, 0.25) is 17.7 Å². The van der Waals surface area contributed by atoms with Gasteiger partial charge < -0.3 is 16.0 Å². The van der Waals surface area contributed by atoms with Crippen LogP contribution in [0.3, 0.4) is 0 Å². The topological polar surface area (TPSA) is 115 Å². The number of benzene rings is 1. The van der Waals surface area contributed by atoms with Crippen molar-refractivity contribution in [2.24, 2.45) is 11.3 Å².